The van der Waals surface area contributed by atoms with E-state index < -0.39 is 0 Å². The molecule has 28 heavy (non-hydrogen) atoms. The summed E-state index contributed by atoms with van der Waals surface area (Å²) in [7, 11) is 0. The third kappa shape index (κ3) is 3.12. The largest absolute Gasteiger partial charge is 0.341 e. The molecule has 4 aliphatic rings. The van der Waals surface area contributed by atoms with Gasteiger partial charge in [0.15, 0.2) is 0 Å². The molecule has 2 atom stereocenters. The molecule has 1 saturated carbocycles. The Morgan fingerprint density at radius 1 is 1.18 bits per heavy atom. The van der Waals surface area contributed by atoms with Gasteiger partial charge in [-0.1, -0.05) is 18.2 Å². The summed E-state index contributed by atoms with van der Waals surface area (Å²) >= 11 is 0. The molecular weight excluding hydrogens is 352 g/mol. The quantitative estimate of drug-likeness (QED) is 0.839. The number of likely N-dealkylation sites (tertiary alicyclic amines) is 1. The van der Waals surface area contributed by atoms with Crippen molar-refractivity contribution in [2.75, 3.05) is 24.5 Å². The lowest BCUT2D eigenvalue weighted by Gasteiger charge is -2.47. The molecule has 150 valence electrons. The van der Waals surface area contributed by atoms with Gasteiger partial charge in [-0.15, -0.1) is 0 Å². The summed E-state index contributed by atoms with van der Waals surface area (Å²) in [5.41, 5.74) is 8.58. The van der Waals surface area contributed by atoms with Crippen LogP contribution < -0.4 is 15.8 Å². The highest BCUT2D eigenvalue weighted by Crippen LogP contribution is 2.48. The Labute approximate surface area is 166 Å². The summed E-state index contributed by atoms with van der Waals surface area (Å²) in [6.07, 6.45) is 5.65. The Balaban J connectivity index is 1.34. The molecule has 2 amide bonds. The molecule has 6 nitrogen and oxygen atoms in total. The molecule has 1 aliphatic carbocycles. The first kappa shape index (κ1) is 18.1. The van der Waals surface area contributed by atoms with Gasteiger partial charge < -0.3 is 9.80 Å². The van der Waals surface area contributed by atoms with E-state index in [4.69, 9.17) is 0 Å². The number of fused-ring (bicyclic) bond motifs is 2. The van der Waals surface area contributed by atoms with Crippen molar-refractivity contribution in [2.45, 2.75) is 62.9 Å². The number of carbonyl (C=O) groups excluding carboxylic acids is 2. The van der Waals surface area contributed by atoms with Crippen molar-refractivity contribution in [1.82, 2.24) is 15.8 Å². The number of carbonyl (C=O) groups is 2. The van der Waals surface area contributed by atoms with Gasteiger partial charge in [0.1, 0.15) is 6.04 Å². The summed E-state index contributed by atoms with van der Waals surface area (Å²) in [4.78, 5) is 30.0. The first-order valence-corrected chi connectivity index (χ1v) is 10.8. The van der Waals surface area contributed by atoms with E-state index in [1.54, 1.807) is 0 Å². The fraction of sp³-hybridized carbons (Fsp3) is 0.636. The standard InChI is InChI=1S/C22H30N4O2/c1-15-12-18(24-23-15)21(28)25-10-8-22(9-11-25)13-20(27)26(14-16-6-7-16)19-5-3-2-4-17(19)22/h2-5,15-16,18,23-24H,6-14H2,1H3. The van der Waals surface area contributed by atoms with Gasteiger partial charge in [0.05, 0.1) is 0 Å². The Kier molecular flexibility index (Phi) is 4.43. The van der Waals surface area contributed by atoms with Crippen LogP contribution in [-0.2, 0) is 15.0 Å². The van der Waals surface area contributed by atoms with Gasteiger partial charge in [0.2, 0.25) is 11.8 Å². The van der Waals surface area contributed by atoms with Crippen LogP contribution in [0.25, 0.3) is 0 Å². The van der Waals surface area contributed by atoms with E-state index in [0.717, 1.165) is 44.6 Å². The van der Waals surface area contributed by atoms with Gasteiger partial charge in [-0.2, -0.15) is 0 Å². The van der Waals surface area contributed by atoms with Gasteiger partial charge in [-0.3, -0.25) is 15.0 Å². The Hall–Kier alpha value is -1.92. The van der Waals surface area contributed by atoms with Gasteiger partial charge in [0, 0.05) is 43.2 Å². The zero-order valence-electron chi connectivity index (χ0n) is 16.6. The normalized spacial score (nSPS) is 29.2. The van der Waals surface area contributed by atoms with E-state index in [2.05, 4.69) is 36.0 Å². The summed E-state index contributed by atoms with van der Waals surface area (Å²) < 4.78 is 0. The van der Waals surface area contributed by atoms with Crippen LogP contribution in [-0.4, -0.2) is 48.4 Å². The number of para-hydroxylation sites is 1. The van der Waals surface area contributed by atoms with E-state index in [0.29, 0.717) is 18.4 Å². The molecule has 3 heterocycles. The predicted molar refractivity (Wildman–Crippen MR) is 108 cm³/mol. The van der Waals surface area contributed by atoms with Crippen LogP contribution in [0.2, 0.25) is 0 Å². The molecule has 0 bridgehead atoms. The highest BCUT2D eigenvalue weighted by molar-refractivity contribution is 5.98. The smallest absolute Gasteiger partial charge is 0.241 e. The molecule has 0 aromatic heterocycles. The number of hydrazine groups is 1. The fourth-order valence-electron chi connectivity index (χ4n) is 5.23. The second-order valence-corrected chi connectivity index (χ2v) is 9.23. The Morgan fingerprint density at radius 3 is 2.61 bits per heavy atom. The summed E-state index contributed by atoms with van der Waals surface area (Å²) in [6.45, 7) is 4.42. The second-order valence-electron chi connectivity index (χ2n) is 9.23. The number of rotatable bonds is 3. The first-order valence-electron chi connectivity index (χ1n) is 10.8. The van der Waals surface area contributed by atoms with Crippen molar-refractivity contribution in [3.8, 4) is 0 Å². The van der Waals surface area contributed by atoms with Crippen LogP contribution in [0.1, 0.15) is 51.0 Å². The minimum atomic E-state index is -0.127. The molecule has 1 spiro atoms. The Morgan fingerprint density at radius 2 is 1.93 bits per heavy atom. The van der Waals surface area contributed by atoms with Crippen molar-refractivity contribution in [2.24, 2.45) is 5.92 Å². The van der Waals surface area contributed by atoms with E-state index in [1.807, 2.05) is 15.9 Å². The summed E-state index contributed by atoms with van der Waals surface area (Å²) in [6, 6.07) is 8.67. The zero-order valence-corrected chi connectivity index (χ0v) is 16.6. The maximum Gasteiger partial charge on any atom is 0.241 e. The zero-order chi connectivity index (χ0) is 19.3. The number of amides is 2. The van der Waals surface area contributed by atoms with Crippen LogP contribution in [0.4, 0.5) is 5.69 Å². The van der Waals surface area contributed by atoms with Crippen LogP contribution in [0, 0.1) is 5.92 Å². The van der Waals surface area contributed by atoms with Crippen LogP contribution in [0.3, 0.4) is 0 Å². The third-order valence-corrected chi connectivity index (χ3v) is 7.12. The highest BCUT2D eigenvalue weighted by Gasteiger charge is 2.46. The second kappa shape index (κ2) is 6.85. The molecule has 1 aromatic carbocycles. The molecule has 0 radical (unpaired) electrons. The number of anilines is 1. The van der Waals surface area contributed by atoms with Gasteiger partial charge in [0.25, 0.3) is 0 Å². The molecule has 2 saturated heterocycles. The molecule has 3 fully saturated rings. The minimum Gasteiger partial charge on any atom is -0.341 e. The van der Waals surface area contributed by atoms with Gasteiger partial charge >= 0.3 is 0 Å². The number of hydrogen-bond acceptors (Lipinski definition) is 4. The number of piperidine rings is 1. The van der Waals surface area contributed by atoms with Crippen molar-refractivity contribution in [3.05, 3.63) is 29.8 Å². The van der Waals surface area contributed by atoms with Gasteiger partial charge in [-0.05, 0) is 56.6 Å². The topological polar surface area (TPSA) is 64.7 Å². The van der Waals surface area contributed by atoms with E-state index in [-0.39, 0.29) is 23.3 Å². The lowest BCUT2D eigenvalue weighted by Crippen LogP contribution is -2.54. The molecular formula is C22H30N4O2. The van der Waals surface area contributed by atoms with E-state index in [9.17, 15) is 9.59 Å². The lowest BCUT2D eigenvalue weighted by molar-refractivity contribution is -0.135. The van der Waals surface area contributed by atoms with Crippen LogP contribution in [0.15, 0.2) is 24.3 Å². The van der Waals surface area contributed by atoms with Crippen LogP contribution in [0.5, 0.6) is 0 Å². The molecule has 6 heteroatoms. The third-order valence-electron chi connectivity index (χ3n) is 7.12. The van der Waals surface area contributed by atoms with Crippen molar-refractivity contribution in [1.29, 1.82) is 0 Å². The molecule has 2 unspecified atom stereocenters. The van der Waals surface area contributed by atoms with Crippen molar-refractivity contribution < 1.29 is 9.59 Å². The summed E-state index contributed by atoms with van der Waals surface area (Å²) in [5.74, 6) is 1.14. The van der Waals surface area contributed by atoms with Crippen molar-refractivity contribution in [3.63, 3.8) is 0 Å². The molecule has 1 aromatic rings. The SMILES string of the molecule is CC1CC(C(=O)N2CCC3(CC2)CC(=O)N(CC2CC2)c2ccccc23)NN1. The molecule has 3 aliphatic heterocycles. The number of nitrogens with one attached hydrogen (secondary N) is 2. The van der Waals surface area contributed by atoms with Crippen LogP contribution >= 0.6 is 0 Å². The predicted octanol–water partition coefficient (Wildman–Crippen LogP) is 1.95. The number of benzene rings is 1. The first-order chi connectivity index (χ1) is 13.6. The highest BCUT2D eigenvalue weighted by atomic mass is 16.2. The number of hydrogen-bond donors (Lipinski definition) is 2. The summed E-state index contributed by atoms with van der Waals surface area (Å²) in [5, 5.41) is 0. The van der Waals surface area contributed by atoms with E-state index in [1.165, 1.54) is 18.4 Å². The minimum absolute atomic E-state index is 0.112. The molecule has 5 rings (SSSR count). The average molecular weight is 383 g/mol. The maximum atomic E-state index is 13.1. The average Bonchev–Trinajstić information content (AvgIpc) is 3.43. The van der Waals surface area contributed by atoms with E-state index >= 15 is 0 Å². The fourth-order valence-corrected chi connectivity index (χ4v) is 5.23. The lowest BCUT2D eigenvalue weighted by atomic mass is 9.67. The van der Waals surface area contributed by atoms with Crippen molar-refractivity contribution >= 4 is 17.5 Å². The van der Waals surface area contributed by atoms with Gasteiger partial charge in [-0.25, -0.2) is 5.43 Å². The number of nitrogens with zero attached hydrogens (tertiary/aromatic N) is 2. The maximum absolute atomic E-state index is 13.1. The Bertz CT molecular complexity index is 782. The monoisotopic (exact) mass is 382 g/mol. The molecule has 2 N–H and O–H groups in total.